The summed E-state index contributed by atoms with van der Waals surface area (Å²) in [6.07, 6.45) is 1.48. The van der Waals surface area contributed by atoms with Crippen molar-refractivity contribution in [3.05, 3.63) is 60.4 Å². The Morgan fingerprint density at radius 1 is 1.11 bits per heavy atom. The molecule has 0 aliphatic rings. The number of hydrogen-bond acceptors (Lipinski definition) is 6. The number of ether oxygens (including phenoxy) is 1. The quantitative estimate of drug-likeness (QED) is 0.699. The summed E-state index contributed by atoms with van der Waals surface area (Å²) in [6.45, 7) is 0. The second kappa shape index (κ2) is 7.74. The van der Waals surface area contributed by atoms with Crippen molar-refractivity contribution in [3.8, 4) is 17.0 Å². The molecule has 0 saturated carbocycles. The van der Waals surface area contributed by atoms with E-state index in [1.54, 1.807) is 13.2 Å². The van der Waals surface area contributed by atoms with Gasteiger partial charge in [0, 0.05) is 37.1 Å². The van der Waals surface area contributed by atoms with Crippen LogP contribution in [0.25, 0.3) is 11.3 Å². The molecule has 0 bridgehead atoms. The largest absolute Gasteiger partial charge is 0.496 e. The van der Waals surface area contributed by atoms with Crippen molar-refractivity contribution in [1.29, 1.82) is 0 Å². The van der Waals surface area contributed by atoms with Gasteiger partial charge in [-0.2, -0.15) is 0 Å². The zero-order valence-electron chi connectivity index (χ0n) is 15.4. The van der Waals surface area contributed by atoms with E-state index in [-0.39, 0.29) is 0 Å². The average Bonchev–Trinajstić information content (AvgIpc) is 2.68. The Morgan fingerprint density at radius 3 is 2.59 bits per heavy atom. The molecule has 3 aromatic rings. The highest BCUT2D eigenvalue weighted by Gasteiger charge is 2.12. The first-order valence-electron chi connectivity index (χ1n) is 8.33. The van der Waals surface area contributed by atoms with Gasteiger partial charge in [-0.05, 0) is 30.3 Å². The van der Waals surface area contributed by atoms with Crippen LogP contribution in [0.3, 0.4) is 0 Å². The standard InChI is InChI=1S/C20H21N5O2/c1-25(2)17-9-8-13(10-15(17)20(21)26)24-19-11-16(22-12-23-19)14-6-4-5-7-18(14)27-3/h4-12H,1-3H3,(H2,21,26)(H,22,23,24). The Kier molecular flexibility index (Phi) is 5.21. The molecular weight excluding hydrogens is 342 g/mol. The van der Waals surface area contributed by atoms with E-state index in [0.717, 1.165) is 22.7 Å². The highest BCUT2D eigenvalue weighted by atomic mass is 16.5. The number of para-hydroxylation sites is 1. The minimum absolute atomic E-state index is 0.434. The highest BCUT2D eigenvalue weighted by Crippen LogP contribution is 2.30. The molecule has 0 unspecified atom stereocenters. The van der Waals surface area contributed by atoms with Crippen LogP contribution in [0, 0.1) is 0 Å². The number of carbonyl (C=O) groups is 1. The number of hydrogen-bond donors (Lipinski definition) is 2. The third-order valence-electron chi connectivity index (χ3n) is 4.07. The van der Waals surface area contributed by atoms with Crippen LogP contribution >= 0.6 is 0 Å². The molecule has 1 amide bonds. The number of anilines is 3. The lowest BCUT2D eigenvalue weighted by atomic mass is 10.1. The summed E-state index contributed by atoms with van der Waals surface area (Å²) in [6, 6.07) is 14.9. The van der Waals surface area contributed by atoms with Crippen LogP contribution in [0.15, 0.2) is 54.9 Å². The maximum absolute atomic E-state index is 11.8. The van der Waals surface area contributed by atoms with Crippen molar-refractivity contribution < 1.29 is 9.53 Å². The molecule has 3 N–H and O–H groups in total. The van der Waals surface area contributed by atoms with Crippen LogP contribution in [0.1, 0.15) is 10.4 Å². The second-order valence-electron chi connectivity index (χ2n) is 6.10. The van der Waals surface area contributed by atoms with Crippen LogP contribution in [0.4, 0.5) is 17.2 Å². The van der Waals surface area contributed by atoms with Crippen LogP contribution in [-0.4, -0.2) is 37.1 Å². The van der Waals surface area contributed by atoms with Crippen molar-refractivity contribution in [2.24, 2.45) is 5.73 Å². The molecule has 0 aliphatic heterocycles. The van der Waals surface area contributed by atoms with Gasteiger partial charge >= 0.3 is 0 Å². The van der Waals surface area contributed by atoms with E-state index in [4.69, 9.17) is 10.5 Å². The topological polar surface area (TPSA) is 93.4 Å². The summed E-state index contributed by atoms with van der Waals surface area (Å²) >= 11 is 0. The van der Waals surface area contributed by atoms with Gasteiger partial charge in [-0.25, -0.2) is 9.97 Å². The molecule has 0 fully saturated rings. The Bertz CT molecular complexity index is 972. The van der Waals surface area contributed by atoms with E-state index in [0.29, 0.717) is 17.1 Å². The predicted molar refractivity (Wildman–Crippen MR) is 107 cm³/mol. The zero-order valence-corrected chi connectivity index (χ0v) is 15.4. The van der Waals surface area contributed by atoms with Crippen molar-refractivity contribution in [3.63, 3.8) is 0 Å². The smallest absolute Gasteiger partial charge is 0.250 e. The fourth-order valence-electron chi connectivity index (χ4n) is 2.78. The maximum atomic E-state index is 11.8. The fraction of sp³-hybridized carbons (Fsp3) is 0.150. The van der Waals surface area contributed by atoms with E-state index in [1.165, 1.54) is 6.33 Å². The Morgan fingerprint density at radius 2 is 1.89 bits per heavy atom. The van der Waals surface area contributed by atoms with Gasteiger partial charge in [-0.15, -0.1) is 0 Å². The number of primary amides is 1. The van der Waals surface area contributed by atoms with Gasteiger partial charge in [-0.3, -0.25) is 4.79 Å². The molecule has 7 heteroatoms. The number of methoxy groups -OCH3 is 1. The van der Waals surface area contributed by atoms with Crippen LogP contribution in [0.5, 0.6) is 5.75 Å². The molecule has 3 rings (SSSR count). The number of nitrogens with one attached hydrogen (secondary N) is 1. The monoisotopic (exact) mass is 363 g/mol. The van der Waals surface area contributed by atoms with Gasteiger partial charge in [0.15, 0.2) is 0 Å². The fourth-order valence-corrected chi connectivity index (χ4v) is 2.78. The van der Waals surface area contributed by atoms with E-state index in [1.807, 2.05) is 61.5 Å². The Balaban J connectivity index is 1.93. The van der Waals surface area contributed by atoms with Gasteiger partial charge in [0.25, 0.3) is 5.91 Å². The molecule has 2 aromatic carbocycles. The molecule has 1 aromatic heterocycles. The molecule has 27 heavy (non-hydrogen) atoms. The Labute approximate surface area is 157 Å². The minimum Gasteiger partial charge on any atom is -0.496 e. The average molecular weight is 363 g/mol. The molecule has 0 aliphatic carbocycles. The van der Waals surface area contributed by atoms with Gasteiger partial charge in [0.1, 0.15) is 17.9 Å². The lowest BCUT2D eigenvalue weighted by Crippen LogP contribution is -2.18. The number of aromatic nitrogens is 2. The second-order valence-corrected chi connectivity index (χ2v) is 6.10. The van der Waals surface area contributed by atoms with Crippen molar-refractivity contribution in [2.45, 2.75) is 0 Å². The maximum Gasteiger partial charge on any atom is 0.250 e. The third-order valence-corrected chi connectivity index (χ3v) is 4.07. The molecular formula is C20H21N5O2. The zero-order chi connectivity index (χ0) is 19.4. The summed E-state index contributed by atoms with van der Waals surface area (Å²) < 4.78 is 5.40. The molecule has 7 nitrogen and oxygen atoms in total. The first kappa shape index (κ1) is 18.2. The Hall–Kier alpha value is -3.61. The first-order valence-corrected chi connectivity index (χ1v) is 8.33. The summed E-state index contributed by atoms with van der Waals surface area (Å²) in [5.41, 5.74) is 9.00. The molecule has 0 saturated heterocycles. The summed E-state index contributed by atoms with van der Waals surface area (Å²) in [7, 11) is 5.34. The number of amides is 1. The SMILES string of the molecule is COc1ccccc1-c1cc(Nc2ccc(N(C)C)c(C(N)=O)c2)ncn1. The first-order chi connectivity index (χ1) is 13.0. The van der Waals surface area contributed by atoms with Gasteiger partial charge < -0.3 is 20.7 Å². The van der Waals surface area contributed by atoms with Crippen molar-refractivity contribution in [2.75, 3.05) is 31.4 Å². The van der Waals surface area contributed by atoms with Crippen LogP contribution in [0.2, 0.25) is 0 Å². The van der Waals surface area contributed by atoms with Crippen molar-refractivity contribution in [1.82, 2.24) is 9.97 Å². The van der Waals surface area contributed by atoms with E-state index >= 15 is 0 Å². The minimum atomic E-state index is -0.486. The van der Waals surface area contributed by atoms with E-state index in [2.05, 4.69) is 15.3 Å². The third kappa shape index (κ3) is 3.98. The predicted octanol–water partition coefficient (Wildman–Crippen LogP) is 3.06. The molecule has 0 atom stereocenters. The summed E-state index contributed by atoms with van der Waals surface area (Å²) in [5, 5.41) is 3.19. The number of benzene rings is 2. The van der Waals surface area contributed by atoms with E-state index in [9.17, 15) is 4.79 Å². The number of nitrogens with two attached hydrogens (primary N) is 1. The number of rotatable bonds is 6. The summed E-state index contributed by atoms with van der Waals surface area (Å²) in [5.74, 6) is 0.840. The molecule has 0 spiro atoms. The van der Waals surface area contributed by atoms with Crippen molar-refractivity contribution >= 4 is 23.1 Å². The molecule has 1 heterocycles. The van der Waals surface area contributed by atoms with Gasteiger partial charge in [0.05, 0.1) is 18.4 Å². The number of carbonyl (C=O) groups excluding carboxylic acids is 1. The van der Waals surface area contributed by atoms with Gasteiger partial charge in [-0.1, -0.05) is 12.1 Å². The lowest BCUT2D eigenvalue weighted by molar-refractivity contribution is 0.100. The molecule has 138 valence electrons. The number of nitrogens with zero attached hydrogens (tertiary/aromatic N) is 3. The molecule has 0 radical (unpaired) electrons. The van der Waals surface area contributed by atoms with Gasteiger partial charge in [0.2, 0.25) is 0 Å². The lowest BCUT2D eigenvalue weighted by Gasteiger charge is -2.17. The normalized spacial score (nSPS) is 10.3. The highest BCUT2D eigenvalue weighted by molar-refractivity contribution is 5.99. The van der Waals surface area contributed by atoms with Crippen LogP contribution in [-0.2, 0) is 0 Å². The van der Waals surface area contributed by atoms with Crippen LogP contribution < -0.4 is 20.7 Å². The van der Waals surface area contributed by atoms with E-state index < -0.39 is 5.91 Å². The summed E-state index contributed by atoms with van der Waals surface area (Å²) in [4.78, 5) is 22.2.